The van der Waals surface area contributed by atoms with E-state index in [1.807, 2.05) is 0 Å². The van der Waals surface area contributed by atoms with Gasteiger partial charge in [0.05, 0.1) is 16.6 Å². The van der Waals surface area contributed by atoms with Gasteiger partial charge in [0.2, 0.25) is 0 Å². The Morgan fingerprint density at radius 3 is 1.57 bits per heavy atom. The maximum Gasteiger partial charge on any atom is 0.0620 e. The van der Waals surface area contributed by atoms with Gasteiger partial charge < -0.3 is 4.40 Å². The zero-order valence-electron chi connectivity index (χ0n) is 23.6. The molecule has 196 valence electrons. The van der Waals surface area contributed by atoms with Crippen molar-refractivity contribution in [2.75, 3.05) is 0 Å². The highest BCUT2D eigenvalue weighted by Crippen LogP contribution is 2.53. The van der Waals surface area contributed by atoms with E-state index in [0.717, 1.165) is 0 Å². The fourth-order valence-electron chi connectivity index (χ4n) is 8.16. The standard InChI is InChI=1S/C41H27N/c1-41(2)36-17-8-7-14-30(36)31-16-9-15-29(39(31)41)28-20-34-32-18-24-10-3-5-12-26(24)22-37(32)42-38-23-27-13-6-4-11-25(27)19-33(38)35(21-28)40(34)42/h3-23H,1-2H3. The van der Waals surface area contributed by atoms with E-state index in [0.29, 0.717) is 0 Å². The van der Waals surface area contributed by atoms with E-state index in [9.17, 15) is 0 Å². The van der Waals surface area contributed by atoms with E-state index in [2.05, 4.69) is 146 Å². The van der Waals surface area contributed by atoms with Gasteiger partial charge in [-0.1, -0.05) is 105 Å². The molecule has 0 saturated carbocycles. The summed E-state index contributed by atoms with van der Waals surface area (Å²) in [6, 6.07) is 47.8. The molecule has 0 atom stereocenters. The van der Waals surface area contributed by atoms with Crippen LogP contribution < -0.4 is 0 Å². The largest absolute Gasteiger partial charge is 0.308 e. The number of rotatable bonds is 1. The number of fused-ring (bicyclic) bond motifs is 11. The molecule has 2 heterocycles. The van der Waals surface area contributed by atoms with Crippen molar-refractivity contribution in [1.82, 2.24) is 4.40 Å². The Morgan fingerprint density at radius 2 is 0.952 bits per heavy atom. The SMILES string of the molecule is CC1(C)c2ccccc2-c2cccc(-c3cc4c5cc6ccccc6cc5n5c6cc7ccccc7cc6c(c3)c45)c21. The fraction of sp³-hybridized carbons (Fsp3) is 0.0732. The minimum Gasteiger partial charge on any atom is -0.308 e. The van der Waals surface area contributed by atoms with Crippen molar-refractivity contribution in [2.45, 2.75) is 19.3 Å². The molecule has 0 fully saturated rings. The monoisotopic (exact) mass is 533 g/mol. The van der Waals surface area contributed by atoms with Crippen LogP contribution in [0.2, 0.25) is 0 Å². The van der Waals surface area contributed by atoms with Crippen LogP contribution >= 0.6 is 0 Å². The normalized spacial score (nSPS) is 14.1. The Labute approximate surface area is 243 Å². The molecule has 1 nitrogen and oxygen atoms in total. The molecule has 0 N–H and O–H groups in total. The molecule has 1 heteroatoms. The molecule has 42 heavy (non-hydrogen) atoms. The predicted octanol–water partition coefficient (Wildman–Crippen LogP) is 11.1. The van der Waals surface area contributed by atoms with Gasteiger partial charge >= 0.3 is 0 Å². The molecule has 0 unspecified atom stereocenters. The van der Waals surface area contributed by atoms with Crippen molar-refractivity contribution < 1.29 is 0 Å². The van der Waals surface area contributed by atoms with E-state index in [4.69, 9.17) is 0 Å². The van der Waals surface area contributed by atoms with Crippen molar-refractivity contribution in [2.24, 2.45) is 0 Å². The Kier molecular flexibility index (Phi) is 4.06. The van der Waals surface area contributed by atoms with Crippen LogP contribution in [0.1, 0.15) is 25.0 Å². The van der Waals surface area contributed by atoms with Crippen LogP contribution in [-0.2, 0) is 5.41 Å². The van der Waals surface area contributed by atoms with Crippen molar-refractivity contribution >= 4 is 59.6 Å². The van der Waals surface area contributed by atoms with Crippen molar-refractivity contribution in [3.8, 4) is 22.3 Å². The zero-order chi connectivity index (χ0) is 27.7. The molecule has 0 aliphatic heterocycles. The maximum atomic E-state index is 2.52. The van der Waals surface area contributed by atoms with Crippen LogP contribution in [-0.4, -0.2) is 4.40 Å². The second-order valence-corrected chi connectivity index (χ2v) is 12.6. The summed E-state index contributed by atoms with van der Waals surface area (Å²) in [4.78, 5) is 0. The quantitative estimate of drug-likeness (QED) is 0.198. The van der Waals surface area contributed by atoms with Gasteiger partial charge in [0.25, 0.3) is 0 Å². The first-order valence-electron chi connectivity index (χ1n) is 14.9. The molecule has 9 aromatic rings. The smallest absolute Gasteiger partial charge is 0.0620 e. The first-order chi connectivity index (χ1) is 20.6. The molecule has 7 aromatic carbocycles. The van der Waals surface area contributed by atoms with Gasteiger partial charge in [0.15, 0.2) is 0 Å². The van der Waals surface area contributed by atoms with E-state index >= 15 is 0 Å². The Bertz CT molecular complexity index is 2470. The Morgan fingerprint density at radius 1 is 0.452 bits per heavy atom. The number of hydrogen-bond donors (Lipinski definition) is 0. The van der Waals surface area contributed by atoms with E-state index < -0.39 is 0 Å². The minimum absolute atomic E-state index is 0.0733. The molecule has 1 aliphatic carbocycles. The molecular weight excluding hydrogens is 506 g/mol. The van der Waals surface area contributed by atoms with Gasteiger partial charge in [-0.05, 0) is 91.3 Å². The number of hydrogen-bond acceptors (Lipinski definition) is 0. The van der Waals surface area contributed by atoms with Crippen LogP contribution in [0.4, 0.5) is 0 Å². The molecule has 1 aliphatic rings. The summed E-state index contributed by atoms with van der Waals surface area (Å²) in [7, 11) is 0. The second-order valence-electron chi connectivity index (χ2n) is 12.6. The molecule has 0 bridgehead atoms. The lowest BCUT2D eigenvalue weighted by Gasteiger charge is -2.24. The van der Waals surface area contributed by atoms with Crippen molar-refractivity contribution in [1.29, 1.82) is 0 Å². The lowest BCUT2D eigenvalue weighted by Crippen LogP contribution is -2.16. The Balaban J connectivity index is 1.39. The fourth-order valence-corrected chi connectivity index (χ4v) is 8.16. The number of nitrogens with zero attached hydrogens (tertiary/aromatic N) is 1. The summed E-state index contributed by atoms with van der Waals surface area (Å²) in [6.45, 7) is 4.77. The zero-order valence-corrected chi connectivity index (χ0v) is 23.6. The Hall–Kier alpha value is -5.14. The van der Waals surface area contributed by atoms with Crippen LogP contribution in [0.5, 0.6) is 0 Å². The van der Waals surface area contributed by atoms with Gasteiger partial charge in [-0.15, -0.1) is 0 Å². The molecule has 0 radical (unpaired) electrons. The molecule has 10 rings (SSSR count). The summed E-state index contributed by atoms with van der Waals surface area (Å²) < 4.78 is 2.52. The molecule has 0 spiro atoms. The van der Waals surface area contributed by atoms with E-state index in [1.54, 1.807) is 0 Å². The first-order valence-corrected chi connectivity index (χ1v) is 14.9. The summed E-state index contributed by atoms with van der Waals surface area (Å²) in [5.41, 5.74) is 12.0. The maximum absolute atomic E-state index is 2.52. The van der Waals surface area contributed by atoms with Crippen LogP contribution in [0.3, 0.4) is 0 Å². The lowest BCUT2D eigenvalue weighted by atomic mass is 9.78. The molecular formula is C41H27N. The number of benzene rings is 7. The summed E-state index contributed by atoms with van der Waals surface area (Å²) >= 11 is 0. The third-order valence-corrected chi connectivity index (χ3v) is 10.0. The summed E-state index contributed by atoms with van der Waals surface area (Å²) in [5.74, 6) is 0. The molecule has 2 aromatic heterocycles. The van der Waals surface area contributed by atoms with Crippen LogP contribution in [0.25, 0.3) is 81.9 Å². The highest BCUT2D eigenvalue weighted by molar-refractivity contribution is 6.27. The number of aromatic nitrogens is 1. The van der Waals surface area contributed by atoms with Crippen molar-refractivity contribution in [3.05, 3.63) is 139 Å². The topological polar surface area (TPSA) is 4.41 Å². The van der Waals surface area contributed by atoms with Crippen LogP contribution in [0, 0.1) is 0 Å². The minimum atomic E-state index is -0.0733. The highest BCUT2D eigenvalue weighted by Gasteiger charge is 2.37. The lowest BCUT2D eigenvalue weighted by molar-refractivity contribution is 0.662. The van der Waals surface area contributed by atoms with Gasteiger partial charge in [0.1, 0.15) is 0 Å². The van der Waals surface area contributed by atoms with Gasteiger partial charge in [0, 0.05) is 27.0 Å². The second kappa shape index (κ2) is 7.57. The van der Waals surface area contributed by atoms with Gasteiger partial charge in [-0.3, -0.25) is 0 Å². The third kappa shape index (κ3) is 2.69. The van der Waals surface area contributed by atoms with Gasteiger partial charge in [-0.25, -0.2) is 0 Å². The average molecular weight is 534 g/mol. The summed E-state index contributed by atoms with van der Waals surface area (Å²) in [6.07, 6.45) is 0. The van der Waals surface area contributed by atoms with Crippen LogP contribution in [0.15, 0.2) is 127 Å². The molecule has 0 saturated heterocycles. The molecule has 0 amide bonds. The summed E-state index contributed by atoms with van der Waals surface area (Å²) in [5, 5.41) is 10.4. The van der Waals surface area contributed by atoms with Gasteiger partial charge in [-0.2, -0.15) is 0 Å². The average Bonchev–Trinajstić information content (AvgIpc) is 3.60. The van der Waals surface area contributed by atoms with E-state index in [1.165, 1.54) is 93.0 Å². The predicted molar refractivity (Wildman–Crippen MR) is 179 cm³/mol. The highest BCUT2D eigenvalue weighted by atomic mass is 14.9. The third-order valence-electron chi connectivity index (χ3n) is 10.0. The van der Waals surface area contributed by atoms with E-state index in [-0.39, 0.29) is 5.41 Å². The first kappa shape index (κ1) is 22.5. The van der Waals surface area contributed by atoms with Crippen molar-refractivity contribution in [3.63, 3.8) is 0 Å².